The predicted molar refractivity (Wildman–Crippen MR) is 68.4 cm³/mol. The van der Waals surface area contributed by atoms with Crippen LogP contribution in [0.5, 0.6) is 11.5 Å². The lowest BCUT2D eigenvalue weighted by atomic mass is 10.1. The Bertz CT molecular complexity index is 592. The highest BCUT2D eigenvalue weighted by Crippen LogP contribution is 2.32. The summed E-state index contributed by atoms with van der Waals surface area (Å²) >= 11 is 0. The number of aliphatic carboxylic acids is 1. The Morgan fingerprint density at radius 3 is 2.79 bits per heavy atom. The standard InChI is InChI=1S/C13H14N2O4/c1-18-9-3-4-12(19-2)10(5-9)11-6-15(8-14-11)7-13(16)17/h3-6,8H,7H2,1-2H3,(H,16,17). The van der Waals surface area contributed by atoms with E-state index in [9.17, 15) is 4.79 Å². The van der Waals surface area contributed by atoms with Crippen LogP contribution >= 0.6 is 0 Å². The molecule has 0 unspecified atom stereocenters. The van der Waals surface area contributed by atoms with E-state index < -0.39 is 5.97 Å². The van der Waals surface area contributed by atoms with Crippen molar-refractivity contribution < 1.29 is 19.4 Å². The molecule has 1 aromatic carbocycles. The second kappa shape index (κ2) is 5.43. The van der Waals surface area contributed by atoms with Crippen molar-refractivity contribution in [2.24, 2.45) is 0 Å². The number of imidazole rings is 1. The van der Waals surface area contributed by atoms with Crippen molar-refractivity contribution in [2.45, 2.75) is 6.54 Å². The van der Waals surface area contributed by atoms with Crippen LogP contribution in [0.1, 0.15) is 0 Å². The van der Waals surface area contributed by atoms with Gasteiger partial charge in [-0.15, -0.1) is 0 Å². The third kappa shape index (κ3) is 2.85. The number of hydrogen-bond acceptors (Lipinski definition) is 4. The lowest BCUT2D eigenvalue weighted by molar-refractivity contribution is -0.137. The van der Waals surface area contributed by atoms with Crippen LogP contribution in [0.2, 0.25) is 0 Å². The minimum Gasteiger partial charge on any atom is -0.497 e. The van der Waals surface area contributed by atoms with Gasteiger partial charge in [0, 0.05) is 11.8 Å². The molecule has 0 saturated carbocycles. The predicted octanol–water partition coefficient (Wildman–Crippen LogP) is 1.65. The van der Waals surface area contributed by atoms with E-state index >= 15 is 0 Å². The molecule has 1 aromatic heterocycles. The van der Waals surface area contributed by atoms with Crippen molar-refractivity contribution in [1.29, 1.82) is 0 Å². The zero-order valence-electron chi connectivity index (χ0n) is 10.7. The van der Waals surface area contributed by atoms with Gasteiger partial charge in [0.05, 0.1) is 26.2 Å². The van der Waals surface area contributed by atoms with Crippen molar-refractivity contribution in [2.75, 3.05) is 14.2 Å². The van der Waals surface area contributed by atoms with E-state index in [1.54, 1.807) is 38.6 Å². The largest absolute Gasteiger partial charge is 0.497 e. The molecule has 0 fully saturated rings. The monoisotopic (exact) mass is 262 g/mol. The van der Waals surface area contributed by atoms with Gasteiger partial charge in [0.2, 0.25) is 0 Å². The first-order chi connectivity index (χ1) is 9.13. The first-order valence-corrected chi connectivity index (χ1v) is 5.60. The molecule has 0 spiro atoms. The van der Waals surface area contributed by atoms with Crippen LogP contribution in [0.15, 0.2) is 30.7 Å². The maximum atomic E-state index is 10.6. The van der Waals surface area contributed by atoms with Gasteiger partial charge in [0.1, 0.15) is 18.0 Å². The molecule has 0 aliphatic heterocycles. The van der Waals surface area contributed by atoms with Crippen LogP contribution in [-0.4, -0.2) is 34.8 Å². The molecule has 0 saturated heterocycles. The summed E-state index contributed by atoms with van der Waals surface area (Å²) in [6.07, 6.45) is 3.13. The summed E-state index contributed by atoms with van der Waals surface area (Å²) in [5.74, 6) is 0.423. The average Bonchev–Trinajstić information content (AvgIpc) is 2.85. The molecule has 0 amide bonds. The van der Waals surface area contributed by atoms with Crippen LogP contribution in [0.4, 0.5) is 0 Å². The van der Waals surface area contributed by atoms with Crippen LogP contribution in [-0.2, 0) is 11.3 Å². The molecular weight excluding hydrogens is 248 g/mol. The van der Waals surface area contributed by atoms with Crippen LogP contribution < -0.4 is 9.47 Å². The van der Waals surface area contributed by atoms with Crippen molar-refractivity contribution in [3.8, 4) is 22.8 Å². The molecule has 0 aliphatic rings. The Kier molecular flexibility index (Phi) is 3.70. The molecule has 1 N–H and O–H groups in total. The molecule has 2 aromatic rings. The molecule has 19 heavy (non-hydrogen) atoms. The number of aromatic nitrogens is 2. The summed E-state index contributed by atoms with van der Waals surface area (Å²) in [6, 6.07) is 5.37. The fourth-order valence-electron chi connectivity index (χ4n) is 1.76. The Labute approximate surface area is 110 Å². The maximum Gasteiger partial charge on any atom is 0.323 e. The number of nitrogens with zero attached hydrogens (tertiary/aromatic N) is 2. The molecule has 2 rings (SSSR count). The van der Waals surface area contributed by atoms with Gasteiger partial charge in [-0.05, 0) is 18.2 Å². The van der Waals surface area contributed by atoms with Gasteiger partial charge in [0.25, 0.3) is 0 Å². The summed E-state index contributed by atoms with van der Waals surface area (Å²) in [7, 11) is 3.15. The van der Waals surface area contributed by atoms with E-state index in [0.717, 1.165) is 5.56 Å². The molecule has 0 atom stereocenters. The Hall–Kier alpha value is -2.50. The van der Waals surface area contributed by atoms with Gasteiger partial charge in [-0.1, -0.05) is 0 Å². The van der Waals surface area contributed by atoms with Crippen LogP contribution in [0.3, 0.4) is 0 Å². The van der Waals surface area contributed by atoms with Gasteiger partial charge in [0.15, 0.2) is 0 Å². The van der Waals surface area contributed by atoms with Gasteiger partial charge in [-0.2, -0.15) is 0 Å². The Morgan fingerprint density at radius 1 is 1.37 bits per heavy atom. The summed E-state index contributed by atoms with van der Waals surface area (Å²) in [5.41, 5.74) is 1.39. The second-order valence-electron chi connectivity index (χ2n) is 3.89. The summed E-state index contributed by atoms with van der Waals surface area (Å²) < 4.78 is 11.9. The summed E-state index contributed by atoms with van der Waals surface area (Å²) in [4.78, 5) is 14.8. The van der Waals surface area contributed by atoms with E-state index in [2.05, 4.69) is 4.98 Å². The van der Waals surface area contributed by atoms with Gasteiger partial charge >= 0.3 is 5.97 Å². The number of carboxylic acid groups (broad SMARTS) is 1. The number of carboxylic acids is 1. The molecule has 100 valence electrons. The molecular formula is C13H14N2O4. The number of ether oxygens (including phenoxy) is 2. The van der Waals surface area contributed by atoms with E-state index in [4.69, 9.17) is 14.6 Å². The third-order valence-corrected chi connectivity index (χ3v) is 2.63. The Balaban J connectivity index is 2.39. The van der Waals surface area contributed by atoms with E-state index in [1.165, 1.54) is 10.9 Å². The SMILES string of the molecule is COc1ccc(OC)c(-c2cn(CC(=O)O)cn2)c1. The van der Waals surface area contributed by atoms with Gasteiger partial charge in [-0.25, -0.2) is 4.98 Å². The highest BCUT2D eigenvalue weighted by Gasteiger charge is 2.11. The normalized spacial score (nSPS) is 10.2. The minimum absolute atomic E-state index is 0.126. The van der Waals surface area contributed by atoms with Crippen molar-refractivity contribution >= 4 is 5.97 Å². The van der Waals surface area contributed by atoms with Crippen molar-refractivity contribution in [1.82, 2.24) is 9.55 Å². The smallest absolute Gasteiger partial charge is 0.323 e. The number of rotatable bonds is 5. The zero-order chi connectivity index (χ0) is 13.8. The summed E-state index contributed by atoms with van der Waals surface area (Å²) in [5, 5.41) is 8.74. The number of benzene rings is 1. The lowest BCUT2D eigenvalue weighted by Gasteiger charge is -2.08. The molecule has 1 heterocycles. The fraction of sp³-hybridized carbons (Fsp3) is 0.231. The molecule has 0 radical (unpaired) electrons. The first kappa shape index (κ1) is 12.9. The van der Waals surface area contributed by atoms with Gasteiger partial charge in [-0.3, -0.25) is 4.79 Å². The fourth-order valence-corrected chi connectivity index (χ4v) is 1.76. The van der Waals surface area contributed by atoms with Crippen LogP contribution in [0.25, 0.3) is 11.3 Å². The maximum absolute atomic E-state index is 10.6. The molecule has 6 heteroatoms. The van der Waals surface area contributed by atoms with E-state index in [1.807, 2.05) is 0 Å². The van der Waals surface area contributed by atoms with Crippen LogP contribution in [0, 0.1) is 0 Å². The molecule has 0 aliphatic carbocycles. The highest BCUT2D eigenvalue weighted by atomic mass is 16.5. The zero-order valence-corrected chi connectivity index (χ0v) is 10.7. The second-order valence-corrected chi connectivity index (χ2v) is 3.89. The number of carbonyl (C=O) groups is 1. The minimum atomic E-state index is -0.915. The van der Waals surface area contributed by atoms with Gasteiger partial charge < -0.3 is 19.1 Å². The third-order valence-electron chi connectivity index (χ3n) is 2.63. The number of hydrogen-bond donors (Lipinski definition) is 1. The highest BCUT2D eigenvalue weighted by molar-refractivity contribution is 5.70. The topological polar surface area (TPSA) is 73.6 Å². The summed E-state index contributed by atoms with van der Waals surface area (Å²) in [6.45, 7) is -0.126. The average molecular weight is 262 g/mol. The molecule has 6 nitrogen and oxygen atoms in total. The number of methoxy groups -OCH3 is 2. The first-order valence-electron chi connectivity index (χ1n) is 5.60. The quantitative estimate of drug-likeness (QED) is 0.886. The lowest BCUT2D eigenvalue weighted by Crippen LogP contribution is -2.06. The van der Waals surface area contributed by atoms with Crippen molar-refractivity contribution in [3.63, 3.8) is 0 Å². The molecule has 0 bridgehead atoms. The van der Waals surface area contributed by atoms with E-state index in [0.29, 0.717) is 17.2 Å². The Morgan fingerprint density at radius 2 is 2.16 bits per heavy atom. The van der Waals surface area contributed by atoms with Crippen molar-refractivity contribution in [3.05, 3.63) is 30.7 Å². The van der Waals surface area contributed by atoms with E-state index in [-0.39, 0.29) is 6.54 Å².